The van der Waals surface area contributed by atoms with Gasteiger partial charge in [-0.2, -0.15) is 0 Å². The second-order valence-electron chi connectivity index (χ2n) is 4.49. The number of nitrogens with zero attached hydrogens (tertiary/aromatic N) is 1. The monoisotopic (exact) mass is 244 g/mol. The van der Waals surface area contributed by atoms with Crippen LogP contribution in [-0.4, -0.2) is 24.3 Å². The first-order valence-electron chi connectivity index (χ1n) is 6.22. The van der Waals surface area contributed by atoms with Gasteiger partial charge in [-0.1, -0.05) is 12.1 Å². The summed E-state index contributed by atoms with van der Waals surface area (Å²) in [7, 11) is 0. The van der Waals surface area contributed by atoms with Crippen LogP contribution in [0.15, 0.2) is 30.5 Å². The van der Waals surface area contributed by atoms with E-state index in [1.807, 2.05) is 24.3 Å². The summed E-state index contributed by atoms with van der Waals surface area (Å²) < 4.78 is 11.4. The molecule has 2 aromatic rings. The lowest BCUT2D eigenvalue weighted by Crippen LogP contribution is -2.26. The zero-order chi connectivity index (χ0) is 12.4. The van der Waals surface area contributed by atoms with Gasteiger partial charge in [-0.15, -0.1) is 0 Å². The van der Waals surface area contributed by atoms with Gasteiger partial charge in [-0.05, 0) is 12.1 Å². The Bertz CT molecular complexity index is 550. The third-order valence-electron chi connectivity index (χ3n) is 3.21. The number of rotatable bonds is 2. The average molecular weight is 244 g/mol. The summed E-state index contributed by atoms with van der Waals surface area (Å²) >= 11 is 0. The Morgan fingerprint density at radius 2 is 2.00 bits per heavy atom. The highest BCUT2D eigenvalue weighted by Gasteiger charge is 2.18. The van der Waals surface area contributed by atoms with Gasteiger partial charge in [0.25, 0.3) is 0 Å². The molecular weight excluding hydrogens is 228 g/mol. The van der Waals surface area contributed by atoms with Crippen LogP contribution in [0.25, 0.3) is 10.9 Å². The maximum Gasteiger partial charge on any atom is 0.153 e. The zero-order valence-electron chi connectivity index (χ0n) is 10.1. The molecule has 1 aromatic carbocycles. The normalized spacial score (nSPS) is 16.9. The molecule has 1 fully saturated rings. The highest BCUT2D eigenvalue weighted by Crippen LogP contribution is 2.32. The average Bonchev–Trinajstić information content (AvgIpc) is 2.43. The molecule has 0 radical (unpaired) electrons. The molecular formula is C14H16N2O2. The largest absolute Gasteiger partial charge is 0.487 e. The molecule has 0 spiro atoms. The molecule has 0 atom stereocenters. The zero-order valence-corrected chi connectivity index (χ0v) is 10.1. The molecule has 4 heteroatoms. The molecule has 0 aliphatic carbocycles. The maximum atomic E-state index is 6.05. The Labute approximate surface area is 106 Å². The van der Waals surface area contributed by atoms with Gasteiger partial charge in [0, 0.05) is 18.2 Å². The van der Waals surface area contributed by atoms with Crippen molar-refractivity contribution in [3.05, 3.63) is 30.5 Å². The predicted octanol–water partition coefficient (Wildman–Crippen LogP) is 2.37. The summed E-state index contributed by atoms with van der Waals surface area (Å²) in [6.07, 6.45) is 3.68. The molecule has 1 aliphatic rings. The second kappa shape index (κ2) is 4.82. The number of aromatic nitrogens is 1. The molecule has 18 heavy (non-hydrogen) atoms. The van der Waals surface area contributed by atoms with Gasteiger partial charge in [-0.25, -0.2) is 0 Å². The topological polar surface area (TPSA) is 57.4 Å². The van der Waals surface area contributed by atoms with Gasteiger partial charge < -0.3 is 15.2 Å². The van der Waals surface area contributed by atoms with E-state index in [4.69, 9.17) is 15.2 Å². The number of fused-ring (bicyclic) bond motifs is 1. The van der Waals surface area contributed by atoms with Crippen molar-refractivity contribution in [2.75, 3.05) is 18.9 Å². The number of nitrogen functional groups attached to an aromatic ring is 1. The van der Waals surface area contributed by atoms with E-state index in [9.17, 15) is 0 Å². The molecule has 1 saturated heterocycles. The van der Waals surface area contributed by atoms with E-state index >= 15 is 0 Å². The molecule has 1 aliphatic heterocycles. The van der Waals surface area contributed by atoms with E-state index in [1.54, 1.807) is 6.20 Å². The number of hydrogen-bond donors (Lipinski definition) is 1. The third kappa shape index (κ3) is 2.11. The minimum absolute atomic E-state index is 0.187. The molecule has 0 amide bonds. The summed E-state index contributed by atoms with van der Waals surface area (Å²) in [6.45, 7) is 1.52. The first kappa shape index (κ1) is 11.3. The Morgan fingerprint density at radius 3 is 2.83 bits per heavy atom. The number of para-hydroxylation sites is 1. The lowest BCUT2D eigenvalue weighted by atomic mass is 10.1. The van der Waals surface area contributed by atoms with E-state index in [0.717, 1.165) is 42.7 Å². The van der Waals surface area contributed by atoms with Crippen LogP contribution < -0.4 is 10.5 Å². The van der Waals surface area contributed by atoms with Crippen LogP contribution in [0.1, 0.15) is 12.8 Å². The Kier molecular flexibility index (Phi) is 3.02. The first-order valence-corrected chi connectivity index (χ1v) is 6.22. The highest BCUT2D eigenvalue weighted by atomic mass is 16.5. The fraction of sp³-hybridized carbons (Fsp3) is 0.357. The number of hydrogen-bond acceptors (Lipinski definition) is 4. The van der Waals surface area contributed by atoms with Gasteiger partial charge >= 0.3 is 0 Å². The van der Waals surface area contributed by atoms with Gasteiger partial charge in [0.15, 0.2) is 5.75 Å². The van der Waals surface area contributed by atoms with Crippen LogP contribution in [0.4, 0.5) is 5.69 Å². The van der Waals surface area contributed by atoms with Crippen LogP contribution in [0.5, 0.6) is 5.75 Å². The van der Waals surface area contributed by atoms with Crippen molar-refractivity contribution >= 4 is 16.6 Å². The van der Waals surface area contributed by atoms with Crippen molar-refractivity contribution in [3.8, 4) is 5.75 Å². The first-order chi connectivity index (χ1) is 8.84. The van der Waals surface area contributed by atoms with Crippen LogP contribution in [0, 0.1) is 0 Å². The Hall–Kier alpha value is -1.81. The van der Waals surface area contributed by atoms with Crippen molar-refractivity contribution in [2.45, 2.75) is 18.9 Å². The fourth-order valence-electron chi connectivity index (χ4n) is 2.22. The maximum absolute atomic E-state index is 6.05. The summed E-state index contributed by atoms with van der Waals surface area (Å²) in [4.78, 5) is 4.30. The molecule has 1 aromatic heterocycles. The smallest absolute Gasteiger partial charge is 0.153 e. The van der Waals surface area contributed by atoms with E-state index in [1.165, 1.54) is 0 Å². The Balaban J connectivity index is 1.96. The summed E-state index contributed by atoms with van der Waals surface area (Å²) in [5.41, 5.74) is 7.49. The number of anilines is 1. The Morgan fingerprint density at radius 1 is 1.22 bits per heavy atom. The third-order valence-corrected chi connectivity index (χ3v) is 3.21. The lowest BCUT2D eigenvalue weighted by molar-refractivity contribution is 0.0264. The second-order valence-corrected chi connectivity index (χ2v) is 4.49. The number of pyridine rings is 1. The van der Waals surface area contributed by atoms with Gasteiger partial charge in [-0.3, -0.25) is 4.98 Å². The van der Waals surface area contributed by atoms with E-state index in [2.05, 4.69) is 4.98 Å². The van der Waals surface area contributed by atoms with Gasteiger partial charge in [0.2, 0.25) is 0 Å². The number of benzene rings is 1. The van der Waals surface area contributed by atoms with Gasteiger partial charge in [0.05, 0.1) is 30.6 Å². The molecule has 0 unspecified atom stereocenters. The fourth-order valence-corrected chi connectivity index (χ4v) is 2.22. The van der Waals surface area contributed by atoms with E-state index in [-0.39, 0.29) is 6.10 Å². The van der Waals surface area contributed by atoms with Crippen LogP contribution >= 0.6 is 0 Å². The molecule has 3 rings (SSSR count). The number of nitrogens with two attached hydrogens (primary N) is 1. The summed E-state index contributed by atoms with van der Waals surface area (Å²) in [6, 6.07) is 7.89. The molecule has 4 nitrogen and oxygen atoms in total. The predicted molar refractivity (Wildman–Crippen MR) is 70.6 cm³/mol. The lowest BCUT2D eigenvalue weighted by Gasteiger charge is -2.24. The SMILES string of the molecule is Nc1cnc2ccccc2c1OC1CCOCC1. The molecule has 2 N–H and O–H groups in total. The van der Waals surface area contributed by atoms with Crippen molar-refractivity contribution < 1.29 is 9.47 Å². The van der Waals surface area contributed by atoms with Crippen LogP contribution in [0.3, 0.4) is 0 Å². The number of ether oxygens (including phenoxy) is 2. The van der Waals surface area contributed by atoms with Crippen molar-refractivity contribution in [1.29, 1.82) is 0 Å². The van der Waals surface area contributed by atoms with Crippen LogP contribution in [-0.2, 0) is 4.74 Å². The molecule has 0 bridgehead atoms. The summed E-state index contributed by atoms with van der Waals surface area (Å²) in [5.74, 6) is 0.757. The minimum atomic E-state index is 0.187. The standard InChI is InChI=1S/C14H16N2O2/c15-12-9-16-13-4-2-1-3-11(13)14(12)18-10-5-7-17-8-6-10/h1-4,9-10H,5-8,15H2. The highest BCUT2D eigenvalue weighted by molar-refractivity contribution is 5.89. The van der Waals surface area contributed by atoms with Crippen molar-refractivity contribution in [3.63, 3.8) is 0 Å². The molecule has 0 saturated carbocycles. The van der Waals surface area contributed by atoms with Crippen molar-refractivity contribution in [2.24, 2.45) is 0 Å². The molecule has 2 heterocycles. The van der Waals surface area contributed by atoms with E-state index < -0.39 is 0 Å². The quantitative estimate of drug-likeness (QED) is 0.881. The molecule has 94 valence electrons. The van der Waals surface area contributed by atoms with E-state index in [0.29, 0.717) is 5.69 Å². The van der Waals surface area contributed by atoms with Crippen LogP contribution in [0.2, 0.25) is 0 Å². The van der Waals surface area contributed by atoms with Crippen molar-refractivity contribution in [1.82, 2.24) is 4.98 Å². The van der Waals surface area contributed by atoms with Gasteiger partial charge in [0.1, 0.15) is 6.10 Å². The minimum Gasteiger partial charge on any atom is -0.487 e. The summed E-state index contributed by atoms with van der Waals surface area (Å²) in [5, 5.41) is 0.976.